The molecule has 1 unspecified atom stereocenters. The van der Waals surface area contributed by atoms with Crippen LogP contribution in [0.3, 0.4) is 0 Å². The number of pyridine rings is 1. The van der Waals surface area contributed by atoms with Gasteiger partial charge in [-0.05, 0) is 48.7 Å². The lowest BCUT2D eigenvalue weighted by atomic mass is 9.98. The fourth-order valence-corrected chi connectivity index (χ4v) is 5.47. The van der Waals surface area contributed by atoms with Gasteiger partial charge in [0.05, 0.1) is 6.42 Å². The van der Waals surface area contributed by atoms with Crippen LogP contribution in [0.15, 0.2) is 60.8 Å². The van der Waals surface area contributed by atoms with Crippen LogP contribution in [0.1, 0.15) is 35.0 Å². The van der Waals surface area contributed by atoms with Crippen LogP contribution in [0.5, 0.6) is 0 Å². The minimum absolute atomic E-state index is 0.182. The summed E-state index contributed by atoms with van der Waals surface area (Å²) in [5.74, 6) is 1.29. The number of anilines is 3. The molecule has 1 saturated heterocycles. The van der Waals surface area contributed by atoms with Gasteiger partial charge in [-0.15, -0.1) is 20.4 Å². The van der Waals surface area contributed by atoms with Crippen LogP contribution in [0.25, 0.3) is 0 Å². The molecule has 5 rings (SSSR count). The van der Waals surface area contributed by atoms with Gasteiger partial charge in [0.25, 0.3) is 0 Å². The summed E-state index contributed by atoms with van der Waals surface area (Å²) in [6.07, 6.45) is 3.22. The Morgan fingerprint density at radius 3 is 2.61 bits per heavy atom. The molecule has 196 valence electrons. The number of aromatic nitrogens is 5. The summed E-state index contributed by atoms with van der Waals surface area (Å²) in [6, 6.07) is 16.6. The molecular formula is C26H27ClN8O2S. The summed E-state index contributed by atoms with van der Waals surface area (Å²) in [4.78, 5) is 18.6. The van der Waals surface area contributed by atoms with E-state index in [4.69, 9.17) is 11.6 Å². The van der Waals surface area contributed by atoms with Gasteiger partial charge in [0, 0.05) is 42.3 Å². The van der Waals surface area contributed by atoms with Crippen molar-refractivity contribution in [1.29, 1.82) is 0 Å². The normalized spacial score (nSPS) is 14.7. The van der Waals surface area contributed by atoms with E-state index in [1.165, 1.54) is 11.3 Å². The van der Waals surface area contributed by atoms with Gasteiger partial charge in [-0.25, -0.2) is 0 Å². The Morgan fingerprint density at radius 2 is 1.87 bits per heavy atom. The minimum atomic E-state index is -0.807. The Hall–Kier alpha value is -3.67. The van der Waals surface area contributed by atoms with Crippen molar-refractivity contribution in [2.75, 3.05) is 28.6 Å². The molecule has 4 heterocycles. The highest BCUT2D eigenvalue weighted by molar-refractivity contribution is 7.15. The SMILES string of the molecule is O=C(Cc1ccccn1)Nc1ccc(N2CCC(c3nnc(NC(O)Cc4ccccc4Cl)s3)CC2)nn1. The molecule has 4 aromatic rings. The molecule has 3 aromatic heterocycles. The van der Waals surface area contributed by atoms with Gasteiger partial charge >= 0.3 is 0 Å². The molecule has 10 nitrogen and oxygen atoms in total. The molecule has 1 fully saturated rings. The smallest absolute Gasteiger partial charge is 0.231 e. The van der Waals surface area contributed by atoms with Gasteiger partial charge < -0.3 is 20.6 Å². The maximum atomic E-state index is 12.2. The highest BCUT2D eigenvalue weighted by Gasteiger charge is 2.25. The second-order valence-electron chi connectivity index (χ2n) is 8.99. The van der Waals surface area contributed by atoms with E-state index in [9.17, 15) is 9.90 Å². The zero-order valence-electron chi connectivity index (χ0n) is 20.5. The van der Waals surface area contributed by atoms with Crippen molar-refractivity contribution in [1.82, 2.24) is 25.4 Å². The van der Waals surface area contributed by atoms with Gasteiger partial charge in [0.15, 0.2) is 11.6 Å². The number of benzene rings is 1. The average Bonchev–Trinajstić information content (AvgIpc) is 3.39. The summed E-state index contributed by atoms with van der Waals surface area (Å²) in [7, 11) is 0. The predicted molar refractivity (Wildman–Crippen MR) is 147 cm³/mol. The number of carbonyl (C=O) groups is 1. The van der Waals surface area contributed by atoms with Crippen molar-refractivity contribution in [3.8, 4) is 0 Å². The van der Waals surface area contributed by atoms with Crippen molar-refractivity contribution < 1.29 is 9.90 Å². The third-order valence-corrected chi connectivity index (χ3v) is 7.64. The third kappa shape index (κ3) is 6.80. The Morgan fingerprint density at radius 1 is 1.05 bits per heavy atom. The number of halogens is 1. The lowest BCUT2D eigenvalue weighted by Crippen LogP contribution is -2.33. The zero-order chi connectivity index (χ0) is 26.3. The molecule has 1 atom stereocenters. The number of nitrogens with one attached hydrogen (secondary N) is 2. The van der Waals surface area contributed by atoms with Crippen molar-refractivity contribution in [2.45, 2.75) is 37.8 Å². The van der Waals surface area contributed by atoms with Crippen LogP contribution in [-0.4, -0.2) is 55.7 Å². The monoisotopic (exact) mass is 550 g/mol. The summed E-state index contributed by atoms with van der Waals surface area (Å²) >= 11 is 7.66. The van der Waals surface area contributed by atoms with Crippen molar-refractivity contribution >= 4 is 45.6 Å². The molecular weight excluding hydrogens is 524 g/mol. The number of rotatable bonds is 9. The van der Waals surface area contributed by atoms with E-state index in [1.54, 1.807) is 12.3 Å². The first-order valence-corrected chi connectivity index (χ1v) is 13.5. The molecule has 0 spiro atoms. The number of carbonyl (C=O) groups excluding carboxylic acids is 1. The quantitative estimate of drug-likeness (QED) is 0.265. The minimum Gasteiger partial charge on any atom is -0.373 e. The summed E-state index contributed by atoms with van der Waals surface area (Å²) in [5.41, 5.74) is 1.57. The number of aliphatic hydroxyl groups is 1. The van der Waals surface area contributed by atoms with E-state index >= 15 is 0 Å². The van der Waals surface area contributed by atoms with E-state index in [0.29, 0.717) is 28.1 Å². The van der Waals surface area contributed by atoms with Gasteiger partial charge in [0.2, 0.25) is 11.0 Å². The number of nitrogens with zero attached hydrogens (tertiary/aromatic N) is 6. The Labute approximate surface area is 229 Å². The molecule has 0 aliphatic carbocycles. The fourth-order valence-electron chi connectivity index (χ4n) is 4.29. The average molecular weight is 551 g/mol. The topological polar surface area (TPSA) is 129 Å². The molecule has 3 N–H and O–H groups in total. The molecule has 1 aliphatic rings. The second-order valence-corrected chi connectivity index (χ2v) is 10.4. The van der Waals surface area contributed by atoms with Crippen LogP contribution >= 0.6 is 22.9 Å². The summed E-state index contributed by atoms with van der Waals surface area (Å²) < 4.78 is 0. The number of hydrogen-bond acceptors (Lipinski definition) is 10. The van der Waals surface area contributed by atoms with E-state index in [-0.39, 0.29) is 18.2 Å². The van der Waals surface area contributed by atoms with Gasteiger partial charge in [0.1, 0.15) is 11.2 Å². The highest BCUT2D eigenvalue weighted by atomic mass is 35.5. The summed E-state index contributed by atoms with van der Waals surface area (Å²) in [5, 5.41) is 35.4. The Balaban J connectivity index is 1.09. The number of aliphatic hydroxyl groups excluding tert-OH is 1. The van der Waals surface area contributed by atoms with Gasteiger partial charge in [-0.1, -0.05) is 47.2 Å². The lowest BCUT2D eigenvalue weighted by molar-refractivity contribution is -0.115. The van der Waals surface area contributed by atoms with Crippen molar-refractivity contribution in [2.24, 2.45) is 0 Å². The van der Waals surface area contributed by atoms with Crippen LogP contribution < -0.4 is 15.5 Å². The van der Waals surface area contributed by atoms with Crippen LogP contribution in [-0.2, 0) is 17.6 Å². The van der Waals surface area contributed by atoms with Crippen LogP contribution in [0, 0.1) is 0 Å². The van der Waals surface area contributed by atoms with Gasteiger partial charge in [-0.3, -0.25) is 9.78 Å². The standard InChI is InChI=1S/C26H27ClN8O2S/c27-20-7-2-1-5-18(20)15-23(36)30-26-34-33-25(38-26)17-10-13-35(14-11-17)22-9-8-21(31-32-22)29-24(37)16-19-6-3-4-12-28-19/h1-9,12,17,23,36H,10-11,13-16H2,(H,30,34)(H,29,31,37). The first-order chi connectivity index (χ1) is 18.5. The molecule has 0 saturated carbocycles. The van der Waals surface area contributed by atoms with Crippen molar-refractivity contribution in [3.63, 3.8) is 0 Å². The first kappa shape index (κ1) is 26.0. The molecule has 0 bridgehead atoms. The summed E-state index contributed by atoms with van der Waals surface area (Å²) in [6.45, 7) is 1.62. The Bertz CT molecular complexity index is 1350. The van der Waals surface area contributed by atoms with Crippen molar-refractivity contribution in [3.05, 3.63) is 82.1 Å². The maximum absolute atomic E-state index is 12.2. The highest BCUT2D eigenvalue weighted by Crippen LogP contribution is 2.33. The molecule has 38 heavy (non-hydrogen) atoms. The number of piperidine rings is 1. The zero-order valence-corrected chi connectivity index (χ0v) is 22.1. The Kier molecular flexibility index (Phi) is 8.37. The molecule has 1 amide bonds. The largest absolute Gasteiger partial charge is 0.373 e. The van der Waals surface area contributed by atoms with Crippen LogP contribution in [0.2, 0.25) is 5.02 Å². The number of hydrogen-bond donors (Lipinski definition) is 3. The van der Waals surface area contributed by atoms with Crippen LogP contribution in [0.4, 0.5) is 16.8 Å². The lowest BCUT2D eigenvalue weighted by Gasteiger charge is -2.31. The third-order valence-electron chi connectivity index (χ3n) is 6.26. The van der Waals surface area contributed by atoms with E-state index in [0.717, 1.165) is 42.3 Å². The molecule has 0 radical (unpaired) electrons. The molecule has 1 aliphatic heterocycles. The fraction of sp³-hybridized carbons (Fsp3) is 0.308. The van der Waals surface area contributed by atoms with Gasteiger partial charge in [-0.2, -0.15) is 0 Å². The molecule has 12 heteroatoms. The second kappa shape index (κ2) is 12.2. The predicted octanol–water partition coefficient (Wildman–Crippen LogP) is 3.91. The van der Waals surface area contributed by atoms with E-state index in [2.05, 4.69) is 40.9 Å². The van der Waals surface area contributed by atoms with E-state index in [1.807, 2.05) is 48.5 Å². The molecule has 1 aromatic carbocycles. The van der Waals surface area contributed by atoms with E-state index < -0.39 is 6.23 Å². The number of amides is 1. The first-order valence-electron chi connectivity index (χ1n) is 12.3. The maximum Gasteiger partial charge on any atom is 0.231 e.